The van der Waals surface area contributed by atoms with Gasteiger partial charge in [0.1, 0.15) is 0 Å². The Labute approximate surface area is 129 Å². The Kier molecular flexibility index (Phi) is 5.19. The van der Waals surface area contributed by atoms with E-state index in [1.54, 1.807) is 0 Å². The fourth-order valence-electron chi connectivity index (χ4n) is 2.40. The summed E-state index contributed by atoms with van der Waals surface area (Å²) < 4.78 is 0. The van der Waals surface area contributed by atoms with Gasteiger partial charge in [-0.1, -0.05) is 81.4 Å². The molecule has 0 saturated heterocycles. The molecule has 0 aliphatic heterocycles. The largest absolute Gasteiger partial charge is 0.313 e. The van der Waals surface area contributed by atoms with Crippen LogP contribution in [0.5, 0.6) is 0 Å². The maximum absolute atomic E-state index is 3.72. The summed E-state index contributed by atoms with van der Waals surface area (Å²) in [6.45, 7) is 10.1. The van der Waals surface area contributed by atoms with Crippen molar-refractivity contribution in [2.45, 2.75) is 39.7 Å². The molecular formula is C20H27N. The van der Waals surface area contributed by atoms with E-state index >= 15 is 0 Å². The Morgan fingerprint density at radius 3 is 1.62 bits per heavy atom. The maximum Gasteiger partial charge on any atom is 0.0214 e. The zero-order chi connectivity index (χ0) is 15.3. The van der Waals surface area contributed by atoms with Crippen LogP contribution in [0.2, 0.25) is 0 Å². The third-order valence-electron chi connectivity index (χ3n) is 4.33. The lowest BCUT2D eigenvalue weighted by molar-refractivity contribution is 0.285. The SMILES string of the molecule is CC(NCC(c1ccccc1)c1ccccc1)C(C)(C)C. The second-order valence-electron chi connectivity index (χ2n) is 6.87. The monoisotopic (exact) mass is 281 g/mol. The second kappa shape index (κ2) is 6.91. The molecule has 1 N–H and O–H groups in total. The average Bonchev–Trinajstić information content (AvgIpc) is 2.48. The van der Waals surface area contributed by atoms with E-state index in [4.69, 9.17) is 0 Å². The van der Waals surface area contributed by atoms with Gasteiger partial charge in [-0.15, -0.1) is 0 Å². The minimum atomic E-state index is 0.276. The molecule has 0 fully saturated rings. The van der Waals surface area contributed by atoms with Crippen LogP contribution in [0, 0.1) is 5.41 Å². The highest BCUT2D eigenvalue weighted by Gasteiger charge is 2.21. The molecule has 2 aromatic carbocycles. The summed E-state index contributed by atoms with van der Waals surface area (Å²) in [6.07, 6.45) is 0. The molecule has 0 aromatic heterocycles. The topological polar surface area (TPSA) is 12.0 Å². The van der Waals surface area contributed by atoms with Crippen LogP contribution in [-0.2, 0) is 0 Å². The lowest BCUT2D eigenvalue weighted by Crippen LogP contribution is -2.39. The van der Waals surface area contributed by atoms with Crippen molar-refractivity contribution in [3.05, 3.63) is 71.8 Å². The van der Waals surface area contributed by atoms with Crippen LogP contribution in [0.25, 0.3) is 0 Å². The van der Waals surface area contributed by atoms with Crippen LogP contribution in [0.3, 0.4) is 0 Å². The highest BCUT2D eigenvalue weighted by molar-refractivity contribution is 5.32. The fourth-order valence-corrected chi connectivity index (χ4v) is 2.40. The van der Waals surface area contributed by atoms with E-state index in [1.165, 1.54) is 11.1 Å². The lowest BCUT2D eigenvalue weighted by atomic mass is 9.86. The van der Waals surface area contributed by atoms with Crippen molar-refractivity contribution in [1.29, 1.82) is 0 Å². The first-order chi connectivity index (χ1) is 9.98. The van der Waals surface area contributed by atoms with Gasteiger partial charge < -0.3 is 5.32 Å². The van der Waals surface area contributed by atoms with E-state index < -0.39 is 0 Å². The van der Waals surface area contributed by atoms with Gasteiger partial charge in [0.05, 0.1) is 0 Å². The molecule has 0 aliphatic carbocycles. The van der Waals surface area contributed by atoms with E-state index in [1.807, 2.05) is 0 Å². The van der Waals surface area contributed by atoms with Gasteiger partial charge in [-0.25, -0.2) is 0 Å². The molecule has 0 aliphatic rings. The Morgan fingerprint density at radius 1 is 0.810 bits per heavy atom. The minimum Gasteiger partial charge on any atom is -0.313 e. The molecule has 0 amide bonds. The number of benzene rings is 2. The van der Waals surface area contributed by atoms with Crippen molar-refractivity contribution in [3.63, 3.8) is 0 Å². The summed E-state index contributed by atoms with van der Waals surface area (Å²) in [7, 11) is 0. The summed E-state index contributed by atoms with van der Waals surface area (Å²) in [6, 6.07) is 22.0. The van der Waals surface area contributed by atoms with Crippen molar-refractivity contribution >= 4 is 0 Å². The first-order valence-electron chi connectivity index (χ1n) is 7.82. The molecule has 0 spiro atoms. The predicted molar refractivity (Wildman–Crippen MR) is 91.6 cm³/mol. The molecule has 112 valence electrons. The Hall–Kier alpha value is -1.60. The van der Waals surface area contributed by atoms with Crippen molar-refractivity contribution in [1.82, 2.24) is 5.32 Å². The average molecular weight is 281 g/mol. The number of hydrogen-bond acceptors (Lipinski definition) is 1. The van der Waals surface area contributed by atoms with E-state index in [-0.39, 0.29) is 5.41 Å². The van der Waals surface area contributed by atoms with Gasteiger partial charge in [-0.2, -0.15) is 0 Å². The molecule has 2 rings (SSSR count). The van der Waals surface area contributed by atoms with Crippen molar-refractivity contribution < 1.29 is 0 Å². The van der Waals surface area contributed by atoms with Crippen molar-refractivity contribution in [2.24, 2.45) is 5.41 Å². The molecule has 0 heterocycles. The molecule has 2 aromatic rings. The molecule has 21 heavy (non-hydrogen) atoms. The highest BCUT2D eigenvalue weighted by Crippen LogP contribution is 2.25. The molecule has 0 bridgehead atoms. The molecule has 1 nitrogen and oxygen atoms in total. The van der Waals surface area contributed by atoms with E-state index in [9.17, 15) is 0 Å². The molecule has 0 saturated carbocycles. The summed E-state index contributed by atoms with van der Waals surface area (Å²) in [5.74, 6) is 0.400. The Morgan fingerprint density at radius 2 is 1.24 bits per heavy atom. The third kappa shape index (κ3) is 4.44. The maximum atomic E-state index is 3.72. The fraction of sp³-hybridized carbons (Fsp3) is 0.400. The second-order valence-corrected chi connectivity index (χ2v) is 6.87. The molecule has 1 unspecified atom stereocenters. The smallest absolute Gasteiger partial charge is 0.0214 e. The van der Waals surface area contributed by atoms with Gasteiger partial charge in [0.25, 0.3) is 0 Å². The zero-order valence-corrected chi connectivity index (χ0v) is 13.6. The number of rotatable bonds is 5. The van der Waals surface area contributed by atoms with Crippen LogP contribution in [0.15, 0.2) is 60.7 Å². The zero-order valence-electron chi connectivity index (χ0n) is 13.6. The van der Waals surface area contributed by atoms with Gasteiger partial charge in [0, 0.05) is 18.5 Å². The predicted octanol–water partition coefficient (Wildman–Crippen LogP) is 4.84. The first kappa shape index (κ1) is 15.8. The van der Waals surface area contributed by atoms with Gasteiger partial charge in [0.15, 0.2) is 0 Å². The minimum absolute atomic E-state index is 0.276. The lowest BCUT2D eigenvalue weighted by Gasteiger charge is -2.30. The van der Waals surface area contributed by atoms with Crippen LogP contribution in [0.4, 0.5) is 0 Å². The first-order valence-corrected chi connectivity index (χ1v) is 7.82. The highest BCUT2D eigenvalue weighted by atomic mass is 14.9. The van der Waals surface area contributed by atoms with Gasteiger partial charge in [-0.05, 0) is 23.5 Å². The van der Waals surface area contributed by atoms with Gasteiger partial charge in [0.2, 0.25) is 0 Å². The molecular weight excluding hydrogens is 254 g/mol. The normalized spacial score (nSPS) is 13.4. The van der Waals surface area contributed by atoms with E-state index in [2.05, 4.69) is 93.7 Å². The van der Waals surface area contributed by atoms with Crippen LogP contribution in [0.1, 0.15) is 44.7 Å². The molecule has 1 atom stereocenters. The van der Waals surface area contributed by atoms with Crippen molar-refractivity contribution in [2.75, 3.05) is 6.54 Å². The molecule has 0 radical (unpaired) electrons. The number of hydrogen-bond donors (Lipinski definition) is 1. The summed E-state index contributed by atoms with van der Waals surface area (Å²) in [4.78, 5) is 0. The van der Waals surface area contributed by atoms with E-state index in [0.717, 1.165) is 6.54 Å². The van der Waals surface area contributed by atoms with Gasteiger partial charge >= 0.3 is 0 Å². The van der Waals surface area contributed by atoms with Crippen LogP contribution >= 0.6 is 0 Å². The van der Waals surface area contributed by atoms with Crippen LogP contribution in [-0.4, -0.2) is 12.6 Å². The van der Waals surface area contributed by atoms with E-state index in [0.29, 0.717) is 12.0 Å². The Balaban J connectivity index is 2.18. The molecule has 1 heteroatoms. The summed E-state index contributed by atoms with van der Waals surface area (Å²) >= 11 is 0. The van der Waals surface area contributed by atoms with Gasteiger partial charge in [-0.3, -0.25) is 0 Å². The summed E-state index contributed by atoms with van der Waals surface area (Å²) in [5, 5.41) is 3.72. The quantitative estimate of drug-likeness (QED) is 0.826. The number of nitrogens with one attached hydrogen (secondary N) is 1. The summed E-state index contributed by atoms with van der Waals surface area (Å²) in [5.41, 5.74) is 3.02. The van der Waals surface area contributed by atoms with Crippen molar-refractivity contribution in [3.8, 4) is 0 Å². The standard InChI is InChI=1S/C20H27N/c1-16(20(2,3)4)21-15-19(17-11-7-5-8-12-17)18-13-9-6-10-14-18/h5-14,16,19,21H,15H2,1-4H3. The Bertz CT molecular complexity index is 485. The third-order valence-corrected chi connectivity index (χ3v) is 4.33. The van der Waals surface area contributed by atoms with Crippen LogP contribution < -0.4 is 5.32 Å².